The van der Waals surface area contributed by atoms with Crippen LogP contribution in [0.2, 0.25) is 0 Å². The van der Waals surface area contributed by atoms with E-state index in [0.29, 0.717) is 13.0 Å². The number of fused-ring (bicyclic) bond motifs is 1. The number of benzene rings is 1. The molecule has 0 unspecified atom stereocenters. The summed E-state index contributed by atoms with van der Waals surface area (Å²) in [5.41, 5.74) is 6.36. The predicted octanol–water partition coefficient (Wildman–Crippen LogP) is 1.32. The van der Waals surface area contributed by atoms with E-state index in [0.717, 1.165) is 22.5 Å². The highest BCUT2D eigenvalue weighted by Crippen LogP contribution is 2.28. The molecule has 1 aliphatic rings. The second-order valence-electron chi connectivity index (χ2n) is 5.39. The molecule has 2 heterocycles. The summed E-state index contributed by atoms with van der Waals surface area (Å²) < 4.78 is 10.6. The van der Waals surface area contributed by atoms with Gasteiger partial charge in [-0.05, 0) is 30.3 Å². The highest BCUT2D eigenvalue weighted by molar-refractivity contribution is 5.86. The van der Waals surface area contributed by atoms with Crippen LogP contribution in [0.5, 0.6) is 5.75 Å². The molecule has 6 nitrogen and oxygen atoms in total. The zero-order chi connectivity index (χ0) is 15.7. The maximum Gasteiger partial charge on any atom is 0.240 e. The van der Waals surface area contributed by atoms with Gasteiger partial charge in [-0.2, -0.15) is 0 Å². The molecule has 2 atom stereocenters. The quantitative estimate of drug-likeness (QED) is 0.921. The fraction of sp³-hybridized carbons (Fsp3) is 0.375. The highest BCUT2D eigenvalue weighted by atomic mass is 16.5. The van der Waals surface area contributed by atoms with Crippen LogP contribution in [0.4, 0.5) is 5.82 Å². The van der Waals surface area contributed by atoms with Gasteiger partial charge in [0.15, 0.2) is 0 Å². The Morgan fingerprint density at radius 3 is 2.82 bits per heavy atom. The molecule has 0 bridgehead atoms. The van der Waals surface area contributed by atoms with E-state index in [1.54, 1.807) is 14.2 Å². The Bertz CT molecular complexity index is 704. The second kappa shape index (κ2) is 5.81. The van der Waals surface area contributed by atoms with Gasteiger partial charge in [-0.25, -0.2) is 4.98 Å². The Labute approximate surface area is 128 Å². The average molecular weight is 301 g/mol. The molecule has 1 saturated heterocycles. The van der Waals surface area contributed by atoms with Crippen molar-refractivity contribution >= 4 is 22.6 Å². The average Bonchev–Trinajstić information content (AvgIpc) is 2.98. The van der Waals surface area contributed by atoms with Gasteiger partial charge in [-0.1, -0.05) is 0 Å². The molecule has 0 spiro atoms. The molecule has 0 radical (unpaired) electrons. The minimum atomic E-state index is -0.381. The van der Waals surface area contributed by atoms with Gasteiger partial charge >= 0.3 is 0 Å². The van der Waals surface area contributed by atoms with E-state index < -0.39 is 0 Å². The summed E-state index contributed by atoms with van der Waals surface area (Å²) in [5, 5.41) is 0.987. The van der Waals surface area contributed by atoms with Crippen LogP contribution in [-0.4, -0.2) is 43.8 Å². The van der Waals surface area contributed by atoms with E-state index in [1.807, 2.05) is 35.2 Å². The lowest BCUT2D eigenvalue weighted by Gasteiger charge is -2.23. The number of carbonyl (C=O) groups is 1. The van der Waals surface area contributed by atoms with Crippen LogP contribution in [0.1, 0.15) is 6.42 Å². The van der Waals surface area contributed by atoms with Gasteiger partial charge in [-0.15, -0.1) is 0 Å². The molecule has 1 aromatic carbocycles. The van der Waals surface area contributed by atoms with E-state index in [9.17, 15) is 4.79 Å². The number of nitrogens with zero attached hydrogens (tertiary/aromatic N) is 2. The molecule has 1 aromatic heterocycles. The van der Waals surface area contributed by atoms with Crippen molar-refractivity contribution in [2.75, 3.05) is 25.7 Å². The molecule has 6 heteroatoms. The third-order valence-electron chi connectivity index (χ3n) is 4.10. The summed E-state index contributed by atoms with van der Waals surface area (Å²) in [5.74, 6) is 1.18. The van der Waals surface area contributed by atoms with Crippen molar-refractivity contribution in [3.63, 3.8) is 0 Å². The lowest BCUT2D eigenvalue weighted by molar-refractivity contribution is -0.119. The van der Waals surface area contributed by atoms with Gasteiger partial charge in [0.1, 0.15) is 17.6 Å². The summed E-state index contributed by atoms with van der Waals surface area (Å²) in [6.45, 7) is 0.610. The van der Waals surface area contributed by atoms with Crippen LogP contribution in [0.25, 0.3) is 10.9 Å². The molecule has 1 fully saturated rings. The fourth-order valence-corrected chi connectivity index (χ4v) is 2.87. The topological polar surface area (TPSA) is 77.7 Å². The van der Waals surface area contributed by atoms with Gasteiger partial charge < -0.3 is 20.1 Å². The summed E-state index contributed by atoms with van der Waals surface area (Å²) in [6, 6.07) is 9.19. The molecule has 22 heavy (non-hydrogen) atoms. The summed E-state index contributed by atoms with van der Waals surface area (Å²) >= 11 is 0. The first-order valence-electron chi connectivity index (χ1n) is 7.16. The van der Waals surface area contributed by atoms with Crippen molar-refractivity contribution < 1.29 is 14.3 Å². The van der Waals surface area contributed by atoms with Crippen LogP contribution in [0, 0.1) is 0 Å². The maximum absolute atomic E-state index is 11.7. The van der Waals surface area contributed by atoms with Crippen molar-refractivity contribution in [1.29, 1.82) is 0 Å². The predicted molar refractivity (Wildman–Crippen MR) is 84.0 cm³/mol. The number of anilines is 1. The number of carbonyl (C=O) groups excluding carboxylic acids is 1. The van der Waals surface area contributed by atoms with Crippen LogP contribution >= 0.6 is 0 Å². The third-order valence-corrected chi connectivity index (χ3v) is 4.10. The Kier molecular flexibility index (Phi) is 3.85. The van der Waals surface area contributed by atoms with Crippen LogP contribution in [0.15, 0.2) is 30.3 Å². The fourth-order valence-electron chi connectivity index (χ4n) is 2.87. The first-order chi connectivity index (χ1) is 10.6. The Morgan fingerprint density at radius 1 is 1.32 bits per heavy atom. The SMILES string of the molecule is COc1ccc2nc(N3C[C@@H](OC)C[C@H]3C(N)=O)ccc2c1. The highest BCUT2D eigenvalue weighted by Gasteiger charge is 2.36. The lowest BCUT2D eigenvalue weighted by atomic mass is 10.2. The summed E-state index contributed by atoms with van der Waals surface area (Å²) in [4.78, 5) is 18.2. The monoisotopic (exact) mass is 301 g/mol. The van der Waals surface area contributed by atoms with E-state index in [1.165, 1.54) is 0 Å². The zero-order valence-electron chi connectivity index (χ0n) is 12.7. The summed E-state index contributed by atoms with van der Waals surface area (Å²) in [6.07, 6.45) is 0.583. The van der Waals surface area contributed by atoms with E-state index in [4.69, 9.17) is 15.2 Å². The number of amides is 1. The van der Waals surface area contributed by atoms with Gasteiger partial charge in [0.2, 0.25) is 5.91 Å². The molecule has 3 rings (SSSR count). The molecular formula is C16H19N3O3. The lowest BCUT2D eigenvalue weighted by Crippen LogP contribution is -2.40. The van der Waals surface area contributed by atoms with E-state index >= 15 is 0 Å². The molecule has 0 aliphatic carbocycles. The maximum atomic E-state index is 11.7. The van der Waals surface area contributed by atoms with Gasteiger partial charge in [0.05, 0.1) is 18.7 Å². The number of aromatic nitrogens is 1. The van der Waals surface area contributed by atoms with Gasteiger partial charge in [-0.3, -0.25) is 4.79 Å². The number of pyridine rings is 1. The Hall–Kier alpha value is -2.34. The van der Waals surface area contributed by atoms with Crippen LogP contribution in [-0.2, 0) is 9.53 Å². The van der Waals surface area contributed by atoms with Crippen molar-refractivity contribution in [2.45, 2.75) is 18.6 Å². The normalized spacial score (nSPS) is 21.3. The first-order valence-corrected chi connectivity index (χ1v) is 7.16. The molecule has 2 aromatic rings. The number of nitrogens with two attached hydrogens (primary N) is 1. The van der Waals surface area contributed by atoms with Crippen molar-refractivity contribution in [3.8, 4) is 5.75 Å². The van der Waals surface area contributed by atoms with Crippen molar-refractivity contribution in [1.82, 2.24) is 4.98 Å². The Balaban J connectivity index is 1.96. The van der Waals surface area contributed by atoms with E-state index in [-0.39, 0.29) is 18.1 Å². The smallest absolute Gasteiger partial charge is 0.240 e. The molecular weight excluding hydrogens is 282 g/mol. The molecule has 2 N–H and O–H groups in total. The standard InChI is InChI=1S/C16H19N3O3/c1-21-11-4-5-13-10(7-11)3-6-15(18-13)19-9-12(22-2)8-14(19)16(17)20/h3-7,12,14H,8-9H2,1-2H3,(H2,17,20)/t12-,14-/m0/s1. The number of ether oxygens (including phenoxy) is 2. The largest absolute Gasteiger partial charge is 0.497 e. The molecule has 1 aliphatic heterocycles. The Morgan fingerprint density at radius 2 is 2.14 bits per heavy atom. The zero-order valence-corrected chi connectivity index (χ0v) is 12.7. The molecule has 0 saturated carbocycles. The van der Waals surface area contributed by atoms with Crippen LogP contribution in [0.3, 0.4) is 0 Å². The van der Waals surface area contributed by atoms with Gasteiger partial charge in [0, 0.05) is 25.5 Å². The number of primary amides is 1. The third kappa shape index (κ3) is 2.57. The van der Waals surface area contributed by atoms with Gasteiger partial charge in [0.25, 0.3) is 0 Å². The number of methoxy groups -OCH3 is 2. The van der Waals surface area contributed by atoms with Crippen LogP contribution < -0.4 is 15.4 Å². The van der Waals surface area contributed by atoms with E-state index in [2.05, 4.69) is 4.98 Å². The van der Waals surface area contributed by atoms with Crippen molar-refractivity contribution in [2.24, 2.45) is 5.73 Å². The number of rotatable bonds is 4. The minimum Gasteiger partial charge on any atom is -0.497 e. The first kappa shape index (κ1) is 14.6. The minimum absolute atomic E-state index is 0.00846. The number of hydrogen-bond donors (Lipinski definition) is 1. The van der Waals surface area contributed by atoms with Crippen molar-refractivity contribution in [3.05, 3.63) is 30.3 Å². The molecule has 116 valence electrons. The summed E-state index contributed by atoms with van der Waals surface area (Å²) in [7, 11) is 3.28. The second-order valence-corrected chi connectivity index (χ2v) is 5.39. The number of hydrogen-bond acceptors (Lipinski definition) is 5. The molecule has 1 amide bonds.